The summed E-state index contributed by atoms with van der Waals surface area (Å²) in [5.74, 6) is -0.102. The molecule has 100 valence electrons. The second kappa shape index (κ2) is 5.70. The van der Waals surface area contributed by atoms with Gasteiger partial charge in [0.25, 0.3) is 5.91 Å². The number of nitrogen functional groups attached to an aromatic ring is 1. The molecule has 0 aliphatic rings. The van der Waals surface area contributed by atoms with Crippen LogP contribution in [-0.4, -0.2) is 42.0 Å². The number of carbonyl (C=O) groups excluding carboxylic acids is 1. The first kappa shape index (κ1) is 14.3. The lowest BCUT2D eigenvalue weighted by Crippen LogP contribution is -2.43. The molecule has 0 heterocycles. The second-order valence-corrected chi connectivity index (χ2v) is 4.26. The third-order valence-electron chi connectivity index (χ3n) is 2.48. The standard InChI is InChI=1S/C12H18N2O4/c1-12(17,7-15)6-14-11(16)10-8(13)4-3-5-9(10)18-2/h3-5,15,17H,6-7,13H2,1-2H3,(H,14,16). The normalized spacial score (nSPS) is 13.8. The molecule has 1 unspecified atom stereocenters. The number of nitrogens with one attached hydrogen (secondary N) is 1. The van der Waals surface area contributed by atoms with Gasteiger partial charge in [-0.05, 0) is 19.1 Å². The van der Waals surface area contributed by atoms with Crippen molar-refractivity contribution in [3.8, 4) is 5.75 Å². The van der Waals surface area contributed by atoms with Gasteiger partial charge in [-0.2, -0.15) is 0 Å². The van der Waals surface area contributed by atoms with Crippen LogP contribution in [0.1, 0.15) is 17.3 Å². The molecule has 1 atom stereocenters. The molecule has 0 spiro atoms. The zero-order valence-electron chi connectivity index (χ0n) is 10.4. The van der Waals surface area contributed by atoms with Crippen molar-refractivity contribution in [2.75, 3.05) is 26.0 Å². The molecule has 5 N–H and O–H groups in total. The summed E-state index contributed by atoms with van der Waals surface area (Å²) in [6.07, 6.45) is 0. The van der Waals surface area contributed by atoms with Crippen molar-refractivity contribution in [1.82, 2.24) is 5.32 Å². The Morgan fingerprint density at radius 1 is 1.56 bits per heavy atom. The predicted molar refractivity (Wildman–Crippen MR) is 67.4 cm³/mol. The van der Waals surface area contributed by atoms with Crippen LogP contribution >= 0.6 is 0 Å². The zero-order chi connectivity index (χ0) is 13.8. The van der Waals surface area contributed by atoms with Gasteiger partial charge in [0.15, 0.2) is 0 Å². The number of aliphatic hydroxyl groups excluding tert-OH is 1. The Morgan fingerprint density at radius 2 is 2.22 bits per heavy atom. The van der Waals surface area contributed by atoms with Crippen LogP contribution in [-0.2, 0) is 0 Å². The smallest absolute Gasteiger partial charge is 0.257 e. The third-order valence-corrected chi connectivity index (χ3v) is 2.48. The molecule has 18 heavy (non-hydrogen) atoms. The lowest BCUT2D eigenvalue weighted by molar-refractivity contribution is 0.00318. The molecule has 0 aromatic heterocycles. The van der Waals surface area contributed by atoms with Gasteiger partial charge in [-0.25, -0.2) is 0 Å². The highest BCUT2D eigenvalue weighted by Crippen LogP contribution is 2.23. The Kier molecular flexibility index (Phi) is 4.52. The lowest BCUT2D eigenvalue weighted by Gasteiger charge is -2.21. The average molecular weight is 254 g/mol. The van der Waals surface area contributed by atoms with E-state index in [1.807, 2.05) is 0 Å². The van der Waals surface area contributed by atoms with E-state index in [-0.39, 0.29) is 17.8 Å². The van der Waals surface area contributed by atoms with Crippen molar-refractivity contribution in [2.24, 2.45) is 0 Å². The molecule has 6 heteroatoms. The Hall–Kier alpha value is -1.79. The minimum atomic E-state index is -1.37. The molecule has 1 rings (SSSR count). The molecule has 0 fully saturated rings. The van der Waals surface area contributed by atoms with Crippen molar-refractivity contribution in [3.05, 3.63) is 23.8 Å². The van der Waals surface area contributed by atoms with Gasteiger partial charge in [0.1, 0.15) is 16.9 Å². The summed E-state index contributed by atoms with van der Waals surface area (Å²) in [7, 11) is 1.44. The summed E-state index contributed by atoms with van der Waals surface area (Å²) >= 11 is 0. The summed E-state index contributed by atoms with van der Waals surface area (Å²) < 4.78 is 5.05. The van der Waals surface area contributed by atoms with E-state index in [0.717, 1.165) is 0 Å². The average Bonchev–Trinajstić information content (AvgIpc) is 2.35. The number of benzene rings is 1. The molecule has 0 bridgehead atoms. The largest absolute Gasteiger partial charge is 0.496 e. The van der Waals surface area contributed by atoms with E-state index in [2.05, 4.69) is 5.32 Å². The third kappa shape index (κ3) is 3.35. The highest BCUT2D eigenvalue weighted by molar-refractivity contribution is 6.01. The fourth-order valence-electron chi connectivity index (χ4n) is 1.38. The van der Waals surface area contributed by atoms with Crippen molar-refractivity contribution in [2.45, 2.75) is 12.5 Å². The first-order valence-corrected chi connectivity index (χ1v) is 5.45. The molecule has 1 amide bonds. The topological polar surface area (TPSA) is 105 Å². The van der Waals surface area contributed by atoms with Crippen molar-refractivity contribution >= 4 is 11.6 Å². The molecule has 0 aliphatic heterocycles. The number of hydrogen-bond donors (Lipinski definition) is 4. The quantitative estimate of drug-likeness (QED) is 0.542. The molecular formula is C12H18N2O4. The highest BCUT2D eigenvalue weighted by Gasteiger charge is 2.22. The fourth-order valence-corrected chi connectivity index (χ4v) is 1.38. The van der Waals surface area contributed by atoms with E-state index in [4.69, 9.17) is 15.6 Å². The van der Waals surface area contributed by atoms with E-state index in [0.29, 0.717) is 5.75 Å². The number of nitrogens with two attached hydrogens (primary N) is 1. The number of rotatable bonds is 5. The van der Waals surface area contributed by atoms with Gasteiger partial charge >= 0.3 is 0 Å². The maximum atomic E-state index is 11.9. The molecule has 1 aromatic rings. The minimum absolute atomic E-state index is 0.0835. The van der Waals surface area contributed by atoms with Gasteiger partial charge in [-0.3, -0.25) is 4.79 Å². The van der Waals surface area contributed by atoms with Crippen molar-refractivity contribution < 1.29 is 19.7 Å². The van der Waals surface area contributed by atoms with Crippen molar-refractivity contribution in [1.29, 1.82) is 0 Å². The number of anilines is 1. The van der Waals surface area contributed by atoms with Crippen LogP contribution in [0.5, 0.6) is 5.75 Å². The molecule has 6 nitrogen and oxygen atoms in total. The van der Waals surface area contributed by atoms with Crippen LogP contribution in [0.25, 0.3) is 0 Å². The Morgan fingerprint density at radius 3 is 2.78 bits per heavy atom. The van der Waals surface area contributed by atoms with Crippen LogP contribution in [0.3, 0.4) is 0 Å². The van der Waals surface area contributed by atoms with E-state index in [9.17, 15) is 9.90 Å². The number of ether oxygens (including phenoxy) is 1. The Balaban J connectivity index is 2.85. The SMILES string of the molecule is COc1cccc(N)c1C(=O)NCC(C)(O)CO. The second-order valence-electron chi connectivity index (χ2n) is 4.26. The van der Waals surface area contributed by atoms with E-state index < -0.39 is 18.1 Å². The van der Waals surface area contributed by atoms with E-state index >= 15 is 0 Å². The van der Waals surface area contributed by atoms with Crippen LogP contribution in [0.4, 0.5) is 5.69 Å². The highest BCUT2D eigenvalue weighted by atomic mass is 16.5. The van der Waals surface area contributed by atoms with Gasteiger partial charge in [0.05, 0.1) is 13.7 Å². The van der Waals surface area contributed by atoms with Crippen LogP contribution in [0, 0.1) is 0 Å². The zero-order valence-corrected chi connectivity index (χ0v) is 10.4. The summed E-state index contributed by atoms with van der Waals surface area (Å²) in [6, 6.07) is 4.88. The van der Waals surface area contributed by atoms with Gasteiger partial charge in [-0.1, -0.05) is 6.07 Å². The van der Waals surface area contributed by atoms with Crippen LogP contribution < -0.4 is 15.8 Å². The van der Waals surface area contributed by atoms with Crippen molar-refractivity contribution in [3.63, 3.8) is 0 Å². The molecule has 0 radical (unpaired) electrons. The number of hydrogen-bond acceptors (Lipinski definition) is 5. The van der Waals surface area contributed by atoms with Gasteiger partial charge in [0, 0.05) is 12.2 Å². The number of aliphatic hydroxyl groups is 2. The lowest BCUT2D eigenvalue weighted by atomic mass is 10.1. The van der Waals surface area contributed by atoms with Gasteiger partial charge in [-0.15, -0.1) is 0 Å². The predicted octanol–water partition coefficient (Wildman–Crippen LogP) is -0.249. The summed E-state index contributed by atoms with van der Waals surface area (Å²) in [5.41, 5.74) is 4.85. The molecule has 0 saturated carbocycles. The Labute approximate surface area is 105 Å². The summed E-state index contributed by atoms with van der Waals surface area (Å²) in [4.78, 5) is 11.9. The van der Waals surface area contributed by atoms with Crippen LogP contribution in [0.2, 0.25) is 0 Å². The molecule has 0 aliphatic carbocycles. The van der Waals surface area contributed by atoms with E-state index in [1.165, 1.54) is 14.0 Å². The first-order valence-electron chi connectivity index (χ1n) is 5.45. The molecular weight excluding hydrogens is 236 g/mol. The van der Waals surface area contributed by atoms with Gasteiger partial charge in [0.2, 0.25) is 0 Å². The van der Waals surface area contributed by atoms with E-state index in [1.54, 1.807) is 18.2 Å². The summed E-state index contributed by atoms with van der Waals surface area (Å²) in [5, 5.41) is 21.0. The maximum Gasteiger partial charge on any atom is 0.257 e. The number of carbonyl (C=O) groups is 1. The monoisotopic (exact) mass is 254 g/mol. The molecule has 0 saturated heterocycles. The minimum Gasteiger partial charge on any atom is -0.496 e. The number of amides is 1. The van der Waals surface area contributed by atoms with Crippen LogP contribution in [0.15, 0.2) is 18.2 Å². The Bertz CT molecular complexity index is 432. The van der Waals surface area contributed by atoms with Gasteiger partial charge < -0.3 is 26.0 Å². The maximum absolute atomic E-state index is 11.9. The first-order chi connectivity index (χ1) is 8.41. The fraction of sp³-hybridized carbons (Fsp3) is 0.417. The number of methoxy groups -OCH3 is 1. The molecule has 1 aromatic carbocycles. The summed E-state index contributed by atoms with van der Waals surface area (Å²) in [6.45, 7) is 0.882.